The standard InChI is InChI=1S/C16H21N5O2/c1-9-4-5-18-14(9)16(23)21-7-12(13(8-21)15(17)22)11-6-19-20(3)10(11)2/h4-6,12-13,18H,7-8H2,1-3H3,(H2,17,22)/t12-,13+/m1/s1. The van der Waals surface area contributed by atoms with E-state index in [0.29, 0.717) is 18.8 Å². The Bertz CT molecular complexity index is 760. The number of primary amides is 1. The number of aromatic amines is 1. The third-order valence-electron chi connectivity index (χ3n) is 4.81. The minimum absolute atomic E-state index is 0.0946. The van der Waals surface area contributed by atoms with Crippen LogP contribution in [0.4, 0.5) is 0 Å². The second kappa shape index (κ2) is 5.57. The number of likely N-dealkylation sites (tertiary alicyclic amines) is 1. The van der Waals surface area contributed by atoms with Crippen LogP contribution in [0.1, 0.15) is 33.2 Å². The molecule has 1 aliphatic heterocycles. The Hall–Kier alpha value is -2.57. The van der Waals surface area contributed by atoms with Crippen molar-refractivity contribution in [2.75, 3.05) is 13.1 Å². The van der Waals surface area contributed by atoms with Crippen molar-refractivity contribution >= 4 is 11.8 Å². The fourth-order valence-electron chi connectivity index (χ4n) is 3.29. The lowest BCUT2D eigenvalue weighted by Crippen LogP contribution is -2.32. The number of aromatic nitrogens is 3. The molecule has 3 rings (SSSR count). The van der Waals surface area contributed by atoms with Gasteiger partial charge in [0.2, 0.25) is 5.91 Å². The molecule has 2 aromatic rings. The minimum atomic E-state index is -0.392. The molecule has 3 heterocycles. The molecule has 2 atom stereocenters. The van der Waals surface area contributed by atoms with Crippen LogP contribution in [0.25, 0.3) is 0 Å². The third kappa shape index (κ3) is 2.52. The van der Waals surface area contributed by atoms with Gasteiger partial charge in [-0.3, -0.25) is 14.3 Å². The van der Waals surface area contributed by atoms with E-state index in [-0.39, 0.29) is 17.7 Å². The number of aryl methyl sites for hydroxylation is 2. The summed E-state index contributed by atoms with van der Waals surface area (Å²) >= 11 is 0. The van der Waals surface area contributed by atoms with Crippen LogP contribution in [0.2, 0.25) is 0 Å². The zero-order chi connectivity index (χ0) is 16.7. The molecule has 0 saturated carbocycles. The largest absolute Gasteiger partial charge is 0.369 e. The monoisotopic (exact) mass is 315 g/mol. The van der Waals surface area contributed by atoms with Crippen molar-refractivity contribution in [1.82, 2.24) is 19.7 Å². The predicted molar refractivity (Wildman–Crippen MR) is 84.8 cm³/mol. The molecule has 0 aliphatic carbocycles. The van der Waals surface area contributed by atoms with Gasteiger partial charge in [0.15, 0.2) is 0 Å². The molecule has 122 valence electrons. The van der Waals surface area contributed by atoms with Crippen molar-refractivity contribution < 1.29 is 9.59 Å². The van der Waals surface area contributed by atoms with E-state index < -0.39 is 5.92 Å². The Kier molecular flexibility index (Phi) is 3.71. The molecule has 0 aromatic carbocycles. The zero-order valence-electron chi connectivity index (χ0n) is 13.5. The molecule has 0 unspecified atom stereocenters. The van der Waals surface area contributed by atoms with E-state index in [2.05, 4.69) is 10.1 Å². The number of nitrogens with one attached hydrogen (secondary N) is 1. The fourth-order valence-corrected chi connectivity index (χ4v) is 3.29. The summed E-state index contributed by atoms with van der Waals surface area (Å²) in [5.74, 6) is -0.975. The number of amides is 2. The Morgan fingerprint density at radius 2 is 2.09 bits per heavy atom. The Labute approximate surface area is 134 Å². The summed E-state index contributed by atoms with van der Waals surface area (Å²) in [6.07, 6.45) is 3.51. The van der Waals surface area contributed by atoms with Gasteiger partial charge in [-0.1, -0.05) is 0 Å². The molecule has 23 heavy (non-hydrogen) atoms. The van der Waals surface area contributed by atoms with E-state index in [1.165, 1.54) is 0 Å². The molecule has 0 radical (unpaired) electrons. The molecule has 1 saturated heterocycles. The summed E-state index contributed by atoms with van der Waals surface area (Å²) in [6, 6.07) is 1.86. The highest BCUT2D eigenvalue weighted by Gasteiger charge is 2.41. The number of hydrogen-bond donors (Lipinski definition) is 2. The molecular formula is C16H21N5O2. The Balaban J connectivity index is 1.90. The van der Waals surface area contributed by atoms with Gasteiger partial charge in [0.05, 0.1) is 12.1 Å². The summed E-state index contributed by atoms with van der Waals surface area (Å²) in [5, 5.41) is 4.24. The van der Waals surface area contributed by atoms with Gasteiger partial charge in [-0.05, 0) is 31.0 Å². The Morgan fingerprint density at radius 1 is 1.35 bits per heavy atom. The molecule has 3 N–H and O–H groups in total. The van der Waals surface area contributed by atoms with Gasteiger partial charge in [0, 0.05) is 37.9 Å². The van der Waals surface area contributed by atoms with Crippen molar-refractivity contribution in [1.29, 1.82) is 0 Å². The first-order valence-electron chi connectivity index (χ1n) is 7.61. The van der Waals surface area contributed by atoms with E-state index in [4.69, 9.17) is 5.73 Å². The second-order valence-corrected chi connectivity index (χ2v) is 6.17. The normalized spacial score (nSPS) is 20.9. The number of rotatable bonds is 3. The molecule has 2 amide bonds. The first-order chi connectivity index (χ1) is 10.9. The van der Waals surface area contributed by atoms with Crippen LogP contribution in [0.5, 0.6) is 0 Å². The van der Waals surface area contributed by atoms with Gasteiger partial charge in [-0.15, -0.1) is 0 Å². The summed E-state index contributed by atoms with van der Waals surface area (Å²) in [4.78, 5) is 29.2. The SMILES string of the molecule is Cc1cc[nH]c1C(=O)N1C[C@H](C(N)=O)[C@@H](c2cnn(C)c2C)C1. The lowest BCUT2D eigenvalue weighted by molar-refractivity contribution is -0.121. The number of carbonyl (C=O) groups excluding carboxylic acids is 2. The van der Waals surface area contributed by atoms with Crippen molar-refractivity contribution in [3.05, 3.63) is 41.0 Å². The Morgan fingerprint density at radius 3 is 2.61 bits per heavy atom. The minimum Gasteiger partial charge on any atom is -0.369 e. The maximum Gasteiger partial charge on any atom is 0.270 e. The highest BCUT2D eigenvalue weighted by molar-refractivity contribution is 5.94. The molecular weight excluding hydrogens is 294 g/mol. The van der Waals surface area contributed by atoms with Gasteiger partial charge in [0.1, 0.15) is 5.69 Å². The first kappa shape index (κ1) is 15.3. The van der Waals surface area contributed by atoms with Gasteiger partial charge in [0.25, 0.3) is 5.91 Å². The summed E-state index contributed by atoms with van der Waals surface area (Å²) in [6.45, 7) is 4.65. The van der Waals surface area contributed by atoms with Crippen LogP contribution >= 0.6 is 0 Å². The predicted octanol–water partition coefficient (Wildman–Crippen LogP) is 0.706. The van der Waals surface area contributed by atoms with Crippen LogP contribution in [0.15, 0.2) is 18.5 Å². The van der Waals surface area contributed by atoms with Crippen LogP contribution < -0.4 is 5.73 Å². The zero-order valence-corrected chi connectivity index (χ0v) is 13.5. The van der Waals surface area contributed by atoms with Crippen molar-refractivity contribution in [2.24, 2.45) is 18.7 Å². The maximum absolute atomic E-state index is 12.7. The smallest absolute Gasteiger partial charge is 0.270 e. The van der Waals surface area contributed by atoms with Crippen LogP contribution in [-0.4, -0.2) is 44.6 Å². The average molecular weight is 315 g/mol. The topological polar surface area (TPSA) is 97.0 Å². The fraction of sp³-hybridized carbons (Fsp3) is 0.438. The van der Waals surface area contributed by atoms with Gasteiger partial charge < -0.3 is 15.6 Å². The molecule has 1 aliphatic rings. The van der Waals surface area contributed by atoms with E-state index in [1.807, 2.05) is 27.0 Å². The summed E-state index contributed by atoms with van der Waals surface area (Å²) < 4.78 is 1.77. The summed E-state index contributed by atoms with van der Waals surface area (Å²) in [5.41, 5.74) is 9.02. The quantitative estimate of drug-likeness (QED) is 0.872. The first-order valence-corrected chi connectivity index (χ1v) is 7.61. The number of carbonyl (C=O) groups is 2. The van der Waals surface area contributed by atoms with Gasteiger partial charge in [-0.2, -0.15) is 5.10 Å². The van der Waals surface area contributed by atoms with E-state index in [1.54, 1.807) is 22.0 Å². The van der Waals surface area contributed by atoms with E-state index in [0.717, 1.165) is 16.8 Å². The number of nitrogens with zero attached hydrogens (tertiary/aromatic N) is 3. The average Bonchev–Trinajstić information content (AvgIpc) is 3.19. The lowest BCUT2D eigenvalue weighted by atomic mass is 9.89. The van der Waals surface area contributed by atoms with Gasteiger partial charge in [-0.25, -0.2) is 0 Å². The molecule has 1 fully saturated rings. The molecule has 2 aromatic heterocycles. The summed E-state index contributed by atoms with van der Waals surface area (Å²) in [7, 11) is 1.86. The maximum atomic E-state index is 12.7. The van der Waals surface area contributed by atoms with Crippen molar-refractivity contribution in [2.45, 2.75) is 19.8 Å². The highest BCUT2D eigenvalue weighted by Crippen LogP contribution is 2.34. The van der Waals surface area contributed by atoms with Gasteiger partial charge >= 0.3 is 0 Å². The second-order valence-electron chi connectivity index (χ2n) is 6.17. The molecule has 7 nitrogen and oxygen atoms in total. The molecule has 0 spiro atoms. The highest BCUT2D eigenvalue weighted by atomic mass is 16.2. The van der Waals surface area contributed by atoms with Crippen molar-refractivity contribution in [3.63, 3.8) is 0 Å². The molecule has 7 heteroatoms. The van der Waals surface area contributed by atoms with Crippen LogP contribution in [-0.2, 0) is 11.8 Å². The van der Waals surface area contributed by atoms with Crippen LogP contribution in [0, 0.1) is 19.8 Å². The van der Waals surface area contributed by atoms with Crippen LogP contribution in [0.3, 0.4) is 0 Å². The number of nitrogens with two attached hydrogens (primary N) is 1. The number of hydrogen-bond acceptors (Lipinski definition) is 3. The number of H-pyrrole nitrogens is 1. The third-order valence-corrected chi connectivity index (χ3v) is 4.81. The van der Waals surface area contributed by atoms with Crippen molar-refractivity contribution in [3.8, 4) is 0 Å². The van der Waals surface area contributed by atoms with E-state index >= 15 is 0 Å². The molecule has 0 bridgehead atoms. The van der Waals surface area contributed by atoms with E-state index in [9.17, 15) is 9.59 Å². The lowest BCUT2D eigenvalue weighted by Gasteiger charge is -2.16.